The monoisotopic (exact) mass is 375 g/mol. The van der Waals surface area contributed by atoms with Gasteiger partial charge in [0.15, 0.2) is 0 Å². The Labute approximate surface area is 117 Å². The van der Waals surface area contributed by atoms with Gasteiger partial charge in [0.2, 0.25) is 11.8 Å². The molecule has 0 aromatic rings. The van der Waals surface area contributed by atoms with Crippen LogP contribution in [0.3, 0.4) is 0 Å². The molecule has 1 fully saturated rings. The van der Waals surface area contributed by atoms with E-state index in [0.29, 0.717) is 10.7 Å². The lowest BCUT2D eigenvalue weighted by Crippen LogP contribution is -2.51. The third-order valence-corrected chi connectivity index (χ3v) is 5.58. The van der Waals surface area contributed by atoms with E-state index in [-0.39, 0.29) is 43.0 Å². The fourth-order valence-electron chi connectivity index (χ4n) is 1.80. The van der Waals surface area contributed by atoms with Gasteiger partial charge in [-0.1, -0.05) is 31.9 Å². The molecular weight excluding hydrogens is 360 g/mol. The lowest BCUT2D eigenvalue weighted by atomic mass is 9.86. The van der Waals surface area contributed by atoms with Gasteiger partial charge in [-0.2, -0.15) is 0 Å². The fraction of sp³-hybridized carbons (Fsp3) is 0.909. The average molecular weight is 377 g/mol. The van der Waals surface area contributed by atoms with Crippen LogP contribution in [0.1, 0.15) is 32.6 Å². The molecule has 0 aromatic heterocycles. The van der Waals surface area contributed by atoms with Crippen LogP contribution in [-0.2, 0) is 4.79 Å². The minimum Gasteiger partial charge on any atom is -0.349 e. The third kappa shape index (κ3) is 4.47. The lowest BCUT2D eigenvalue weighted by Gasteiger charge is -2.32. The molecule has 1 aliphatic rings. The Morgan fingerprint density at radius 3 is 2.24 bits per heavy atom. The maximum absolute atomic E-state index is 13.0. The van der Waals surface area contributed by atoms with E-state index in [1.54, 1.807) is 0 Å². The molecule has 1 N–H and O–H groups in total. The van der Waals surface area contributed by atoms with Crippen molar-refractivity contribution in [1.29, 1.82) is 0 Å². The van der Waals surface area contributed by atoms with Crippen molar-refractivity contribution >= 4 is 37.8 Å². The molecule has 0 radical (unpaired) electrons. The quantitative estimate of drug-likeness (QED) is 0.747. The Morgan fingerprint density at radius 1 is 1.35 bits per heavy atom. The zero-order valence-corrected chi connectivity index (χ0v) is 12.9. The van der Waals surface area contributed by atoms with Crippen LogP contribution in [0.5, 0.6) is 0 Å². The van der Waals surface area contributed by atoms with Gasteiger partial charge >= 0.3 is 0 Å². The van der Waals surface area contributed by atoms with Gasteiger partial charge in [0.25, 0.3) is 0 Å². The summed E-state index contributed by atoms with van der Waals surface area (Å²) in [7, 11) is 0. The Hall–Kier alpha value is 0.290. The molecule has 100 valence electrons. The number of hydrogen-bond donors (Lipinski definition) is 1. The molecule has 0 atom stereocenters. The van der Waals surface area contributed by atoms with Gasteiger partial charge in [-0.15, -0.1) is 0 Å². The van der Waals surface area contributed by atoms with Crippen LogP contribution in [0, 0.1) is 5.92 Å². The first-order valence-corrected chi connectivity index (χ1v) is 7.88. The van der Waals surface area contributed by atoms with Crippen LogP contribution in [0.25, 0.3) is 0 Å². The SMILES string of the molecule is CC(CBr)(CBr)NC(=O)C1CCC(F)(F)CC1. The maximum atomic E-state index is 13.0. The Kier molecular flexibility index (Phi) is 5.38. The molecule has 2 nitrogen and oxygen atoms in total. The second-order valence-corrected chi connectivity index (χ2v) is 6.07. The van der Waals surface area contributed by atoms with Crippen LogP contribution in [0.4, 0.5) is 8.78 Å². The normalized spacial score (nSPS) is 21.2. The molecule has 0 heterocycles. The van der Waals surface area contributed by atoms with Gasteiger partial charge in [-0.25, -0.2) is 8.78 Å². The molecule has 0 unspecified atom stereocenters. The number of alkyl halides is 4. The molecule has 1 saturated carbocycles. The fourth-order valence-corrected chi connectivity index (χ4v) is 3.01. The van der Waals surface area contributed by atoms with E-state index in [1.807, 2.05) is 6.92 Å². The predicted molar refractivity (Wildman–Crippen MR) is 71.0 cm³/mol. The topological polar surface area (TPSA) is 29.1 Å². The molecule has 1 aliphatic carbocycles. The van der Waals surface area contributed by atoms with Crippen molar-refractivity contribution in [3.8, 4) is 0 Å². The predicted octanol–water partition coefficient (Wildman–Crippen LogP) is 3.48. The van der Waals surface area contributed by atoms with Crippen LogP contribution < -0.4 is 5.32 Å². The van der Waals surface area contributed by atoms with Crippen LogP contribution >= 0.6 is 31.9 Å². The summed E-state index contributed by atoms with van der Waals surface area (Å²) in [5.74, 6) is -2.96. The molecule has 6 heteroatoms. The number of carbonyl (C=O) groups excluding carboxylic acids is 1. The standard InChI is InChI=1S/C11H17Br2F2NO/c1-10(6-12,7-13)16-9(17)8-2-4-11(14,15)5-3-8/h8H,2-7H2,1H3,(H,16,17). The van der Waals surface area contributed by atoms with Crippen molar-refractivity contribution < 1.29 is 13.6 Å². The van der Waals surface area contributed by atoms with E-state index in [4.69, 9.17) is 0 Å². The maximum Gasteiger partial charge on any atom is 0.248 e. The van der Waals surface area contributed by atoms with E-state index in [1.165, 1.54) is 0 Å². The summed E-state index contributed by atoms with van der Waals surface area (Å²) in [6.45, 7) is 1.91. The molecule has 17 heavy (non-hydrogen) atoms. The van der Waals surface area contributed by atoms with E-state index in [9.17, 15) is 13.6 Å². The van der Waals surface area contributed by atoms with Gasteiger partial charge in [0.1, 0.15) is 0 Å². The number of nitrogens with one attached hydrogen (secondary N) is 1. The first-order valence-electron chi connectivity index (χ1n) is 5.64. The zero-order chi connectivity index (χ0) is 13.1. The summed E-state index contributed by atoms with van der Waals surface area (Å²) in [4.78, 5) is 11.9. The smallest absolute Gasteiger partial charge is 0.248 e. The van der Waals surface area contributed by atoms with Crippen molar-refractivity contribution in [2.45, 2.75) is 44.1 Å². The van der Waals surface area contributed by atoms with Gasteiger partial charge in [-0.3, -0.25) is 4.79 Å². The lowest BCUT2D eigenvalue weighted by molar-refractivity contribution is -0.130. The molecule has 0 saturated heterocycles. The van der Waals surface area contributed by atoms with E-state index >= 15 is 0 Å². The molecule has 0 spiro atoms. The van der Waals surface area contributed by atoms with Gasteiger partial charge in [0.05, 0.1) is 5.54 Å². The average Bonchev–Trinajstić information content (AvgIpc) is 2.28. The first kappa shape index (κ1) is 15.3. The van der Waals surface area contributed by atoms with Crippen molar-refractivity contribution in [3.05, 3.63) is 0 Å². The summed E-state index contributed by atoms with van der Waals surface area (Å²) in [6.07, 6.45) is 0.202. The Balaban J connectivity index is 2.50. The van der Waals surface area contributed by atoms with Crippen LogP contribution in [0.2, 0.25) is 0 Å². The highest BCUT2D eigenvalue weighted by atomic mass is 79.9. The third-order valence-electron chi connectivity index (χ3n) is 3.10. The van der Waals surface area contributed by atoms with Gasteiger partial charge in [0, 0.05) is 29.4 Å². The molecule has 0 bridgehead atoms. The van der Waals surface area contributed by atoms with Crippen molar-refractivity contribution in [3.63, 3.8) is 0 Å². The van der Waals surface area contributed by atoms with Crippen LogP contribution in [0.15, 0.2) is 0 Å². The Morgan fingerprint density at radius 2 is 1.82 bits per heavy atom. The highest BCUT2D eigenvalue weighted by Gasteiger charge is 2.38. The number of halogens is 4. The van der Waals surface area contributed by atoms with E-state index in [2.05, 4.69) is 37.2 Å². The largest absolute Gasteiger partial charge is 0.349 e. The number of carbonyl (C=O) groups is 1. The summed E-state index contributed by atoms with van der Waals surface area (Å²) in [6, 6.07) is 0. The molecule has 1 rings (SSSR count). The summed E-state index contributed by atoms with van der Waals surface area (Å²) >= 11 is 6.68. The molecule has 0 aliphatic heterocycles. The zero-order valence-electron chi connectivity index (χ0n) is 9.74. The minimum absolute atomic E-state index is 0.109. The summed E-state index contributed by atoms with van der Waals surface area (Å²) < 4.78 is 25.9. The highest BCUT2D eigenvalue weighted by molar-refractivity contribution is 9.09. The van der Waals surface area contributed by atoms with Gasteiger partial charge < -0.3 is 5.32 Å². The number of amides is 1. The van der Waals surface area contributed by atoms with E-state index in [0.717, 1.165) is 0 Å². The summed E-state index contributed by atoms with van der Waals surface area (Å²) in [5, 5.41) is 4.16. The second kappa shape index (κ2) is 5.95. The van der Waals surface area contributed by atoms with Crippen molar-refractivity contribution in [2.24, 2.45) is 5.92 Å². The van der Waals surface area contributed by atoms with Gasteiger partial charge in [-0.05, 0) is 19.8 Å². The Bertz CT molecular complexity index is 273. The number of hydrogen-bond acceptors (Lipinski definition) is 1. The van der Waals surface area contributed by atoms with Crippen molar-refractivity contribution in [2.75, 3.05) is 10.7 Å². The van der Waals surface area contributed by atoms with Crippen LogP contribution in [-0.4, -0.2) is 28.0 Å². The van der Waals surface area contributed by atoms with Crippen molar-refractivity contribution in [1.82, 2.24) is 5.32 Å². The molecular formula is C11H17Br2F2NO. The molecule has 0 aromatic carbocycles. The number of rotatable bonds is 4. The second-order valence-electron chi connectivity index (χ2n) is 4.95. The first-order chi connectivity index (χ1) is 7.82. The summed E-state index contributed by atoms with van der Waals surface area (Å²) in [5.41, 5.74) is -0.364. The minimum atomic E-state index is -2.58. The highest BCUT2D eigenvalue weighted by Crippen LogP contribution is 2.36. The van der Waals surface area contributed by atoms with E-state index < -0.39 is 5.92 Å². The molecule has 1 amide bonds.